The second-order valence-corrected chi connectivity index (χ2v) is 5.14. The highest BCUT2D eigenvalue weighted by Crippen LogP contribution is 2.26. The van der Waals surface area contributed by atoms with Crippen molar-refractivity contribution in [3.8, 4) is 11.5 Å². The van der Waals surface area contributed by atoms with Crippen molar-refractivity contribution in [2.75, 3.05) is 19.8 Å². The number of para-hydroxylation sites is 2. The van der Waals surface area contributed by atoms with Crippen LogP contribution in [0.5, 0.6) is 11.5 Å². The fourth-order valence-electron chi connectivity index (χ4n) is 2.47. The molecular formula is C16H25NO3. The molecule has 0 spiro atoms. The van der Waals surface area contributed by atoms with Gasteiger partial charge in [0.05, 0.1) is 19.3 Å². The minimum absolute atomic E-state index is 0.348. The van der Waals surface area contributed by atoms with Crippen LogP contribution in [0.1, 0.15) is 32.6 Å². The Kier molecular flexibility index (Phi) is 6.15. The number of benzene rings is 1. The van der Waals surface area contributed by atoms with Crippen LogP contribution in [0.2, 0.25) is 0 Å². The minimum Gasteiger partial charge on any atom is -0.490 e. The van der Waals surface area contributed by atoms with Gasteiger partial charge in [-0.25, -0.2) is 0 Å². The Morgan fingerprint density at radius 3 is 2.30 bits per heavy atom. The molecule has 0 aromatic heterocycles. The van der Waals surface area contributed by atoms with Gasteiger partial charge < -0.3 is 19.9 Å². The van der Waals surface area contributed by atoms with Gasteiger partial charge in [-0.3, -0.25) is 0 Å². The lowest BCUT2D eigenvalue weighted by atomic mass is 9.94. The molecule has 1 aromatic rings. The van der Waals surface area contributed by atoms with Crippen molar-refractivity contribution in [3.05, 3.63) is 24.3 Å². The molecule has 0 atom stereocenters. The Hall–Kier alpha value is -1.26. The first-order chi connectivity index (χ1) is 9.79. The van der Waals surface area contributed by atoms with E-state index in [1.807, 2.05) is 31.2 Å². The van der Waals surface area contributed by atoms with E-state index in [0.717, 1.165) is 37.2 Å². The molecule has 112 valence electrons. The molecule has 0 unspecified atom stereocenters. The fourth-order valence-corrected chi connectivity index (χ4v) is 2.47. The monoisotopic (exact) mass is 279 g/mol. The van der Waals surface area contributed by atoms with Gasteiger partial charge in [0, 0.05) is 6.04 Å². The average Bonchev–Trinajstić information content (AvgIpc) is 2.47. The lowest BCUT2D eigenvalue weighted by Crippen LogP contribution is -2.31. The van der Waals surface area contributed by atoms with Crippen molar-refractivity contribution < 1.29 is 14.2 Å². The topological polar surface area (TPSA) is 53.7 Å². The van der Waals surface area contributed by atoms with E-state index in [1.165, 1.54) is 0 Å². The Bertz CT molecular complexity index is 389. The first-order valence-corrected chi connectivity index (χ1v) is 7.51. The van der Waals surface area contributed by atoms with E-state index in [2.05, 4.69) is 0 Å². The van der Waals surface area contributed by atoms with Crippen LogP contribution in [0.3, 0.4) is 0 Å². The van der Waals surface area contributed by atoms with Crippen LogP contribution < -0.4 is 15.2 Å². The van der Waals surface area contributed by atoms with Crippen LogP contribution in [0.4, 0.5) is 0 Å². The number of hydrogen-bond acceptors (Lipinski definition) is 4. The summed E-state index contributed by atoms with van der Waals surface area (Å²) in [7, 11) is 0. The lowest BCUT2D eigenvalue weighted by Gasteiger charge is -2.26. The molecule has 1 saturated carbocycles. The summed E-state index contributed by atoms with van der Waals surface area (Å²) >= 11 is 0. The molecule has 2 rings (SSSR count). The van der Waals surface area contributed by atoms with E-state index in [9.17, 15) is 0 Å². The summed E-state index contributed by atoms with van der Waals surface area (Å²) in [5, 5.41) is 0. The summed E-state index contributed by atoms with van der Waals surface area (Å²) < 4.78 is 17.1. The first-order valence-electron chi connectivity index (χ1n) is 7.51. The van der Waals surface area contributed by atoms with Gasteiger partial charge in [0.1, 0.15) is 6.61 Å². The third kappa shape index (κ3) is 4.69. The number of rotatable bonds is 7. The Morgan fingerprint density at radius 2 is 1.65 bits per heavy atom. The molecule has 1 fully saturated rings. The van der Waals surface area contributed by atoms with Crippen LogP contribution in [0.25, 0.3) is 0 Å². The van der Waals surface area contributed by atoms with Gasteiger partial charge in [-0.15, -0.1) is 0 Å². The maximum absolute atomic E-state index is 5.88. The van der Waals surface area contributed by atoms with E-state index in [-0.39, 0.29) is 0 Å². The van der Waals surface area contributed by atoms with E-state index in [0.29, 0.717) is 32.0 Å². The molecule has 1 aliphatic carbocycles. The van der Waals surface area contributed by atoms with Crippen molar-refractivity contribution in [2.24, 2.45) is 5.73 Å². The van der Waals surface area contributed by atoms with Gasteiger partial charge in [-0.05, 0) is 44.7 Å². The number of hydrogen-bond donors (Lipinski definition) is 1. The maximum atomic E-state index is 5.88. The third-order valence-corrected chi connectivity index (χ3v) is 3.56. The van der Waals surface area contributed by atoms with Gasteiger partial charge in [0.2, 0.25) is 0 Å². The summed E-state index contributed by atoms with van der Waals surface area (Å²) in [5.74, 6) is 1.57. The largest absolute Gasteiger partial charge is 0.490 e. The molecule has 0 radical (unpaired) electrons. The zero-order valence-electron chi connectivity index (χ0n) is 12.2. The molecule has 20 heavy (non-hydrogen) atoms. The van der Waals surface area contributed by atoms with Crippen molar-refractivity contribution in [1.29, 1.82) is 0 Å². The summed E-state index contributed by atoms with van der Waals surface area (Å²) in [6.45, 7) is 3.76. The molecule has 0 bridgehead atoms. The Balaban J connectivity index is 1.68. The van der Waals surface area contributed by atoms with Gasteiger partial charge in [0.25, 0.3) is 0 Å². The second kappa shape index (κ2) is 8.12. The highest BCUT2D eigenvalue weighted by Gasteiger charge is 2.18. The van der Waals surface area contributed by atoms with Crippen LogP contribution in [-0.2, 0) is 4.74 Å². The van der Waals surface area contributed by atoms with Crippen molar-refractivity contribution in [2.45, 2.75) is 44.8 Å². The standard InChI is InChI=1S/C16H25NO3/c1-2-18-15-5-3-4-6-16(15)20-12-11-19-14-9-7-13(17)8-10-14/h3-6,13-14H,2,7-12,17H2,1H3. The SMILES string of the molecule is CCOc1ccccc1OCCOC1CCC(N)CC1. The van der Waals surface area contributed by atoms with Gasteiger partial charge in [0.15, 0.2) is 11.5 Å². The zero-order valence-corrected chi connectivity index (χ0v) is 12.2. The molecular weight excluding hydrogens is 254 g/mol. The first kappa shape index (κ1) is 15.1. The lowest BCUT2D eigenvalue weighted by molar-refractivity contribution is 0.00985. The van der Waals surface area contributed by atoms with Gasteiger partial charge >= 0.3 is 0 Å². The van der Waals surface area contributed by atoms with Crippen LogP contribution in [-0.4, -0.2) is 32.0 Å². The van der Waals surface area contributed by atoms with Crippen LogP contribution in [0, 0.1) is 0 Å². The minimum atomic E-state index is 0.348. The van der Waals surface area contributed by atoms with Gasteiger partial charge in [-0.1, -0.05) is 12.1 Å². The van der Waals surface area contributed by atoms with E-state index in [4.69, 9.17) is 19.9 Å². The summed E-state index contributed by atoms with van der Waals surface area (Å²) in [6.07, 6.45) is 4.62. The van der Waals surface area contributed by atoms with E-state index < -0.39 is 0 Å². The predicted molar refractivity (Wildman–Crippen MR) is 79.3 cm³/mol. The molecule has 0 amide bonds. The number of ether oxygens (including phenoxy) is 3. The van der Waals surface area contributed by atoms with Crippen molar-refractivity contribution in [3.63, 3.8) is 0 Å². The highest BCUT2D eigenvalue weighted by molar-refractivity contribution is 5.39. The van der Waals surface area contributed by atoms with Gasteiger partial charge in [-0.2, -0.15) is 0 Å². The molecule has 1 aliphatic rings. The highest BCUT2D eigenvalue weighted by atomic mass is 16.5. The zero-order chi connectivity index (χ0) is 14.2. The smallest absolute Gasteiger partial charge is 0.161 e. The van der Waals surface area contributed by atoms with Crippen LogP contribution in [0.15, 0.2) is 24.3 Å². The Labute approximate surface area is 121 Å². The third-order valence-electron chi connectivity index (χ3n) is 3.56. The van der Waals surface area contributed by atoms with Crippen LogP contribution >= 0.6 is 0 Å². The van der Waals surface area contributed by atoms with E-state index in [1.54, 1.807) is 0 Å². The number of nitrogens with two attached hydrogens (primary N) is 1. The average molecular weight is 279 g/mol. The molecule has 0 aliphatic heterocycles. The summed E-state index contributed by atoms with van der Waals surface area (Å²) in [4.78, 5) is 0. The molecule has 1 aromatic carbocycles. The summed E-state index contributed by atoms with van der Waals surface area (Å²) in [5.41, 5.74) is 5.88. The van der Waals surface area contributed by atoms with Crippen molar-refractivity contribution in [1.82, 2.24) is 0 Å². The quantitative estimate of drug-likeness (QED) is 0.780. The Morgan fingerprint density at radius 1 is 1.00 bits per heavy atom. The normalized spacial score (nSPS) is 22.5. The molecule has 4 nitrogen and oxygen atoms in total. The maximum Gasteiger partial charge on any atom is 0.161 e. The molecule has 0 saturated heterocycles. The van der Waals surface area contributed by atoms with Crippen molar-refractivity contribution >= 4 is 0 Å². The van der Waals surface area contributed by atoms with E-state index >= 15 is 0 Å². The molecule has 2 N–H and O–H groups in total. The predicted octanol–water partition coefficient (Wildman–Crippen LogP) is 2.75. The second-order valence-electron chi connectivity index (χ2n) is 5.14. The summed E-state index contributed by atoms with van der Waals surface area (Å²) in [6, 6.07) is 8.09. The fraction of sp³-hybridized carbons (Fsp3) is 0.625. The molecule has 0 heterocycles. The molecule has 4 heteroatoms.